The standard InChI is InChI=1S/C19H14FNO4S/c20-13-7-5-12(6-8-13)15(22)11-25-18(24)19-10-9-17(23)21(19)14-3-1-2-4-16(14)26-19/h1-8H,9-11H2/t19-/m0/s1. The van der Waals surface area contributed by atoms with E-state index in [9.17, 15) is 18.8 Å². The van der Waals surface area contributed by atoms with E-state index in [0.717, 1.165) is 4.90 Å². The molecule has 1 amide bonds. The Labute approximate surface area is 153 Å². The molecular formula is C19H14FNO4S. The molecule has 2 aliphatic heterocycles. The van der Waals surface area contributed by atoms with Crippen molar-refractivity contribution in [1.82, 2.24) is 0 Å². The van der Waals surface area contributed by atoms with Crippen LogP contribution in [0.4, 0.5) is 10.1 Å². The predicted molar refractivity (Wildman–Crippen MR) is 93.4 cm³/mol. The quantitative estimate of drug-likeness (QED) is 0.610. The Morgan fingerprint density at radius 1 is 1.15 bits per heavy atom. The first kappa shape index (κ1) is 16.8. The second-order valence-corrected chi connectivity index (χ2v) is 7.41. The molecule has 7 heteroatoms. The molecule has 1 fully saturated rings. The zero-order valence-corrected chi connectivity index (χ0v) is 14.4. The van der Waals surface area contributed by atoms with Crippen molar-refractivity contribution in [2.75, 3.05) is 11.5 Å². The predicted octanol–water partition coefficient (Wildman–Crippen LogP) is 3.18. The van der Waals surface area contributed by atoms with Crippen molar-refractivity contribution in [1.29, 1.82) is 0 Å². The lowest BCUT2D eigenvalue weighted by Gasteiger charge is -2.28. The van der Waals surface area contributed by atoms with Crippen molar-refractivity contribution in [3.63, 3.8) is 0 Å². The number of thioether (sulfide) groups is 1. The van der Waals surface area contributed by atoms with E-state index in [0.29, 0.717) is 12.1 Å². The number of halogens is 1. The fourth-order valence-electron chi connectivity index (χ4n) is 3.24. The van der Waals surface area contributed by atoms with Crippen LogP contribution in [0, 0.1) is 5.82 Å². The fourth-order valence-corrected chi connectivity index (χ4v) is 4.65. The summed E-state index contributed by atoms with van der Waals surface area (Å²) in [6.45, 7) is -0.453. The summed E-state index contributed by atoms with van der Waals surface area (Å²) in [6.07, 6.45) is 0.580. The summed E-state index contributed by atoms with van der Waals surface area (Å²) in [6, 6.07) is 12.3. The molecule has 0 bridgehead atoms. The van der Waals surface area contributed by atoms with Gasteiger partial charge in [-0.1, -0.05) is 23.9 Å². The van der Waals surface area contributed by atoms with E-state index in [1.807, 2.05) is 18.2 Å². The first-order valence-corrected chi connectivity index (χ1v) is 8.90. The Kier molecular flexibility index (Phi) is 4.03. The number of carbonyl (C=O) groups is 3. The Morgan fingerprint density at radius 2 is 1.88 bits per heavy atom. The van der Waals surface area contributed by atoms with Gasteiger partial charge in [0.05, 0.1) is 5.69 Å². The number of Topliss-reactive ketones (excluding diaryl/α,β-unsaturated/α-hetero) is 1. The van der Waals surface area contributed by atoms with Crippen LogP contribution in [0.15, 0.2) is 53.4 Å². The number of hydrogen-bond donors (Lipinski definition) is 0. The lowest BCUT2D eigenvalue weighted by Crippen LogP contribution is -2.48. The third-order valence-corrected chi connectivity index (χ3v) is 5.95. The third kappa shape index (κ3) is 2.59. The zero-order chi connectivity index (χ0) is 18.3. The molecule has 26 heavy (non-hydrogen) atoms. The number of hydrogen-bond acceptors (Lipinski definition) is 5. The summed E-state index contributed by atoms with van der Waals surface area (Å²) in [4.78, 5) is 38.5. The highest BCUT2D eigenvalue weighted by atomic mass is 32.2. The van der Waals surface area contributed by atoms with Crippen molar-refractivity contribution in [3.05, 3.63) is 59.9 Å². The average molecular weight is 371 g/mol. The molecule has 0 saturated carbocycles. The number of benzene rings is 2. The van der Waals surface area contributed by atoms with Gasteiger partial charge >= 0.3 is 5.97 Å². The molecule has 4 rings (SSSR count). The van der Waals surface area contributed by atoms with Crippen LogP contribution in [-0.4, -0.2) is 29.1 Å². The molecule has 2 aromatic rings. The number of ether oxygens (including phenoxy) is 1. The molecule has 0 radical (unpaired) electrons. The van der Waals surface area contributed by atoms with Crippen molar-refractivity contribution in [2.45, 2.75) is 22.6 Å². The second kappa shape index (κ2) is 6.25. The monoisotopic (exact) mass is 371 g/mol. The van der Waals surface area contributed by atoms with E-state index in [1.165, 1.54) is 40.9 Å². The van der Waals surface area contributed by atoms with E-state index in [2.05, 4.69) is 0 Å². The summed E-state index contributed by atoms with van der Waals surface area (Å²) in [5.41, 5.74) is 0.959. The van der Waals surface area contributed by atoms with Gasteiger partial charge in [0, 0.05) is 23.3 Å². The molecule has 0 spiro atoms. The van der Waals surface area contributed by atoms with E-state index in [-0.39, 0.29) is 17.9 Å². The summed E-state index contributed by atoms with van der Waals surface area (Å²) >= 11 is 1.29. The van der Waals surface area contributed by atoms with Gasteiger partial charge in [0.1, 0.15) is 5.82 Å². The maximum Gasteiger partial charge on any atom is 0.343 e. The van der Waals surface area contributed by atoms with Crippen LogP contribution in [0.2, 0.25) is 0 Å². The van der Waals surface area contributed by atoms with Crippen molar-refractivity contribution in [3.8, 4) is 0 Å². The second-order valence-electron chi connectivity index (χ2n) is 6.09. The number of ketones is 1. The van der Waals surface area contributed by atoms with Gasteiger partial charge in [0.25, 0.3) is 0 Å². The number of fused-ring (bicyclic) bond motifs is 3. The number of para-hydroxylation sites is 1. The van der Waals surface area contributed by atoms with Crippen LogP contribution >= 0.6 is 11.8 Å². The van der Waals surface area contributed by atoms with Crippen LogP contribution in [-0.2, 0) is 14.3 Å². The minimum Gasteiger partial charge on any atom is -0.455 e. The van der Waals surface area contributed by atoms with Crippen molar-refractivity contribution in [2.24, 2.45) is 0 Å². The van der Waals surface area contributed by atoms with Gasteiger partial charge in [-0.15, -0.1) is 0 Å². The van der Waals surface area contributed by atoms with Crippen molar-refractivity contribution >= 4 is 35.1 Å². The topological polar surface area (TPSA) is 63.7 Å². The molecule has 1 atom stereocenters. The molecular weight excluding hydrogens is 357 g/mol. The van der Waals surface area contributed by atoms with Crippen LogP contribution in [0.1, 0.15) is 23.2 Å². The van der Waals surface area contributed by atoms with Crippen LogP contribution < -0.4 is 4.90 Å². The number of anilines is 1. The smallest absolute Gasteiger partial charge is 0.343 e. The molecule has 2 heterocycles. The number of carbonyl (C=O) groups excluding carboxylic acids is 3. The van der Waals surface area contributed by atoms with Gasteiger partial charge in [-0.3, -0.25) is 14.5 Å². The minimum atomic E-state index is -1.15. The van der Waals surface area contributed by atoms with Crippen LogP contribution in [0.3, 0.4) is 0 Å². The van der Waals surface area contributed by atoms with Gasteiger partial charge in [-0.2, -0.15) is 0 Å². The molecule has 0 unspecified atom stereocenters. The maximum absolute atomic E-state index is 12.9. The molecule has 0 aromatic heterocycles. The molecule has 0 aliphatic carbocycles. The van der Waals surface area contributed by atoms with Crippen LogP contribution in [0.5, 0.6) is 0 Å². The molecule has 0 N–H and O–H groups in total. The maximum atomic E-state index is 12.9. The van der Waals surface area contributed by atoms with E-state index in [1.54, 1.807) is 6.07 Å². The highest BCUT2D eigenvalue weighted by Crippen LogP contribution is 2.56. The molecule has 5 nitrogen and oxygen atoms in total. The Morgan fingerprint density at radius 3 is 2.65 bits per heavy atom. The minimum absolute atomic E-state index is 0.135. The Balaban J connectivity index is 1.52. The first-order chi connectivity index (χ1) is 12.5. The SMILES string of the molecule is O=C(COC(=O)[C@@]12CCC(=O)N1c1ccccc1S2)c1ccc(F)cc1. The fraction of sp³-hybridized carbons (Fsp3) is 0.211. The summed E-state index contributed by atoms with van der Waals surface area (Å²) in [7, 11) is 0. The highest BCUT2D eigenvalue weighted by Gasteiger charge is 2.58. The first-order valence-electron chi connectivity index (χ1n) is 8.08. The largest absolute Gasteiger partial charge is 0.455 e. The lowest BCUT2D eigenvalue weighted by molar-refractivity contribution is -0.145. The van der Waals surface area contributed by atoms with E-state index in [4.69, 9.17) is 4.74 Å². The number of nitrogens with zero attached hydrogens (tertiary/aromatic N) is 1. The lowest BCUT2D eigenvalue weighted by atomic mass is 10.1. The zero-order valence-electron chi connectivity index (χ0n) is 13.6. The molecule has 132 valence electrons. The average Bonchev–Trinajstić information content (AvgIpc) is 3.16. The van der Waals surface area contributed by atoms with E-state index < -0.39 is 29.0 Å². The number of esters is 1. The number of rotatable bonds is 4. The van der Waals surface area contributed by atoms with Gasteiger partial charge < -0.3 is 4.74 Å². The van der Waals surface area contributed by atoms with Gasteiger partial charge in [-0.25, -0.2) is 9.18 Å². The van der Waals surface area contributed by atoms with E-state index >= 15 is 0 Å². The van der Waals surface area contributed by atoms with Gasteiger partial charge in [0.2, 0.25) is 5.91 Å². The number of amides is 1. The van der Waals surface area contributed by atoms with Gasteiger partial charge in [-0.05, 0) is 36.4 Å². The Bertz CT molecular complexity index is 914. The summed E-state index contributed by atoms with van der Waals surface area (Å²) < 4.78 is 18.2. The Hall–Kier alpha value is -2.67. The third-order valence-electron chi connectivity index (χ3n) is 4.49. The summed E-state index contributed by atoms with van der Waals surface area (Å²) in [5, 5.41) is 0. The summed E-state index contributed by atoms with van der Waals surface area (Å²) in [5.74, 6) is -1.62. The molecule has 2 aliphatic rings. The van der Waals surface area contributed by atoms with Crippen LogP contribution in [0.25, 0.3) is 0 Å². The molecule has 2 aromatic carbocycles. The molecule has 1 saturated heterocycles. The normalized spacial score (nSPS) is 20.7. The van der Waals surface area contributed by atoms with Gasteiger partial charge in [0.15, 0.2) is 17.3 Å². The highest BCUT2D eigenvalue weighted by molar-refractivity contribution is 8.02. The van der Waals surface area contributed by atoms with Crippen molar-refractivity contribution < 1.29 is 23.5 Å².